The minimum absolute atomic E-state index is 0.00221. The van der Waals surface area contributed by atoms with Crippen LogP contribution in [0.25, 0.3) is 12.2 Å². The number of carbonyl (C=O) groups is 5. The predicted molar refractivity (Wildman–Crippen MR) is 277 cm³/mol. The van der Waals surface area contributed by atoms with Crippen LogP contribution < -0.4 is 20.9 Å². The van der Waals surface area contributed by atoms with Crippen molar-refractivity contribution in [3.8, 4) is 0 Å². The first-order chi connectivity index (χ1) is 36.8. The molecular weight excluding hydrogens is 981 g/mol. The summed E-state index contributed by atoms with van der Waals surface area (Å²) >= 11 is 0. The molecule has 0 bridgehead atoms. The standard InChI is InChI=1S/C53H82N4O18/c1-64-20-21-66-24-25-68-28-29-70-32-33-72-36-37-74-40-41-75-39-38-73-35-34-71-31-30-69-27-26-67-23-22-65-19-17-49(58)55-42-47(53(63)54-18-16-52(61)62)56-50(59)12-6-7-13-51(60)57-43-46-10-3-2-8-44(46)14-15-45-9-4-5-11-48(45)57/h2-5,8-11,14-15,47H,6-7,12-13,16-43H2,1H3,(H,54,63)(H,55,58)(H,56,59)(H,61,62)/b15-14-/t47-/m0/s1. The highest BCUT2D eigenvalue weighted by atomic mass is 16.6. The Morgan fingerprint density at radius 1 is 0.493 bits per heavy atom. The lowest BCUT2D eigenvalue weighted by Gasteiger charge is -2.27. The average molecular weight is 1060 g/mol. The smallest absolute Gasteiger partial charge is 0.305 e. The fourth-order valence-electron chi connectivity index (χ4n) is 6.87. The van der Waals surface area contributed by atoms with Crippen molar-refractivity contribution in [2.45, 2.75) is 51.1 Å². The van der Waals surface area contributed by atoms with Gasteiger partial charge < -0.3 is 82.8 Å². The van der Waals surface area contributed by atoms with Crippen molar-refractivity contribution in [1.82, 2.24) is 16.0 Å². The molecule has 1 heterocycles. The molecule has 0 aliphatic carbocycles. The molecule has 0 spiro atoms. The Morgan fingerprint density at radius 2 is 0.920 bits per heavy atom. The Labute approximate surface area is 441 Å². The molecule has 4 N–H and O–H groups in total. The number of unbranched alkanes of at least 4 members (excludes halogenated alkanes) is 1. The van der Waals surface area contributed by atoms with Crippen LogP contribution in [0.15, 0.2) is 48.5 Å². The number of para-hydroxylation sites is 1. The number of ether oxygens (including phenoxy) is 12. The van der Waals surface area contributed by atoms with Gasteiger partial charge in [-0.1, -0.05) is 54.6 Å². The quantitative estimate of drug-likeness (QED) is 0.0695. The zero-order chi connectivity index (χ0) is 53.7. The molecule has 0 unspecified atom stereocenters. The van der Waals surface area contributed by atoms with Gasteiger partial charge in [-0.05, 0) is 35.6 Å². The van der Waals surface area contributed by atoms with E-state index in [1.165, 1.54) is 0 Å². The summed E-state index contributed by atoms with van der Waals surface area (Å²) in [6, 6.07) is 14.5. The summed E-state index contributed by atoms with van der Waals surface area (Å²) in [6.07, 6.45) is 4.80. The highest BCUT2D eigenvalue weighted by Crippen LogP contribution is 2.29. The van der Waals surface area contributed by atoms with Crippen molar-refractivity contribution in [2.24, 2.45) is 0 Å². The molecule has 0 aromatic heterocycles. The molecule has 0 saturated carbocycles. The second-order valence-corrected chi connectivity index (χ2v) is 16.6. The van der Waals surface area contributed by atoms with Crippen molar-refractivity contribution < 1.29 is 85.9 Å². The molecule has 0 fully saturated rings. The first-order valence-corrected chi connectivity index (χ1v) is 25.8. The molecule has 0 saturated heterocycles. The highest BCUT2D eigenvalue weighted by Gasteiger charge is 2.23. The van der Waals surface area contributed by atoms with E-state index in [0.717, 1.165) is 22.4 Å². The lowest BCUT2D eigenvalue weighted by molar-refractivity contribution is -0.137. The Kier molecular flexibility index (Phi) is 37.9. The summed E-state index contributed by atoms with van der Waals surface area (Å²) < 4.78 is 65.1. The third-order valence-corrected chi connectivity index (χ3v) is 10.8. The van der Waals surface area contributed by atoms with E-state index in [1.54, 1.807) is 12.0 Å². The summed E-state index contributed by atoms with van der Waals surface area (Å²) in [6.45, 7) is 10.1. The summed E-state index contributed by atoms with van der Waals surface area (Å²) in [5.74, 6) is -2.65. The number of carbonyl (C=O) groups excluding carboxylic acids is 4. The molecule has 1 aliphatic heterocycles. The van der Waals surface area contributed by atoms with Gasteiger partial charge in [0, 0.05) is 39.5 Å². The Hall–Kier alpha value is -4.95. The van der Waals surface area contributed by atoms with Crippen LogP contribution in [0.3, 0.4) is 0 Å². The normalized spacial score (nSPS) is 12.8. The van der Waals surface area contributed by atoms with Crippen LogP contribution in [-0.4, -0.2) is 213 Å². The van der Waals surface area contributed by atoms with Crippen LogP contribution in [0, 0.1) is 0 Å². The van der Waals surface area contributed by atoms with Gasteiger partial charge in [0.1, 0.15) is 6.04 Å². The molecular formula is C53H82N4O18. The molecule has 1 atom stereocenters. The van der Waals surface area contributed by atoms with E-state index in [-0.39, 0.29) is 57.9 Å². The largest absolute Gasteiger partial charge is 0.481 e. The van der Waals surface area contributed by atoms with Gasteiger partial charge in [-0.25, -0.2) is 0 Å². The number of amides is 4. The van der Waals surface area contributed by atoms with Crippen LogP contribution in [0.5, 0.6) is 0 Å². The number of nitrogens with one attached hydrogen (secondary N) is 3. The third kappa shape index (κ3) is 33.0. The molecule has 22 heteroatoms. The summed E-state index contributed by atoms with van der Waals surface area (Å²) in [5.41, 5.74) is 3.80. The molecule has 2 aromatic carbocycles. The first kappa shape index (κ1) is 64.3. The summed E-state index contributed by atoms with van der Waals surface area (Å²) in [7, 11) is 1.63. The van der Waals surface area contributed by atoms with Crippen molar-refractivity contribution >= 4 is 47.4 Å². The molecule has 2 aromatic rings. The van der Waals surface area contributed by atoms with E-state index >= 15 is 0 Å². The maximum atomic E-state index is 13.6. The van der Waals surface area contributed by atoms with Gasteiger partial charge in [-0.2, -0.15) is 0 Å². The molecule has 0 radical (unpaired) electrons. The fourth-order valence-corrected chi connectivity index (χ4v) is 6.87. The maximum Gasteiger partial charge on any atom is 0.305 e. The number of hydrogen-bond donors (Lipinski definition) is 4. The number of benzene rings is 2. The van der Waals surface area contributed by atoms with Crippen molar-refractivity contribution in [3.05, 3.63) is 65.2 Å². The lowest BCUT2D eigenvalue weighted by Crippen LogP contribution is -2.53. The van der Waals surface area contributed by atoms with Crippen LogP contribution in [-0.2, 0) is 87.4 Å². The monoisotopic (exact) mass is 1060 g/mol. The maximum absolute atomic E-state index is 13.6. The van der Waals surface area contributed by atoms with Crippen molar-refractivity contribution in [2.75, 3.05) is 177 Å². The minimum Gasteiger partial charge on any atom is -0.481 e. The SMILES string of the molecule is COCCOCCOCCOCCOCCOCCOCCOCCOCCOCCOCCOCCC(=O)NC[C@H](NC(=O)CCCCC(=O)N1Cc2ccccc2/C=C\c2ccccc21)C(=O)NCCC(=O)O. The predicted octanol–water partition coefficient (Wildman–Crippen LogP) is 2.68. The van der Waals surface area contributed by atoms with E-state index in [2.05, 4.69) is 22.0 Å². The van der Waals surface area contributed by atoms with Gasteiger partial charge >= 0.3 is 5.97 Å². The zero-order valence-corrected chi connectivity index (χ0v) is 43.8. The number of rotatable bonds is 48. The van der Waals surface area contributed by atoms with E-state index < -0.39 is 29.7 Å². The van der Waals surface area contributed by atoms with Gasteiger partial charge in [0.15, 0.2) is 0 Å². The summed E-state index contributed by atoms with van der Waals surface area (Å²) in [5, 5.41) is 16.8. The highest BCUT2D eigenvalue weighted by molar-refractivity contribution is 5.97. The summed E-state index contributed by atoms with van der Waals surface area (Å²) in [4.78, 5) is 64.8. The Bertz CT molecular complexity index is 1880. The zero-order valence-electron chi connectivity index (χ0n) is 43.8. The molecule has 422 valence electrons. The van der Waals surface area contributed by atoms with E-state index in [4.69, 9.17) is 61.9 Å². The van der Waals surface area contributed by atoms with Crippen LogP contribution in [0.4, 0.5) is 5.69 Å². The molecule has 1 aliphatic rings. The number of carboxylic acid groups (broad SMARTS) is 1. The molecule has 22 nitrogen and oxygen atoms in total. The van der Waals surface area contributed by atoms with Crippen LogP contribution >= 0.6 is 0 Å². The van der Waals surface area contributed by atoms with Gasteiger partial charge in [-0.15, -0.1) is 0 Å². The Morgan fingerprint density at radius 3 is 1.41 bits per heavy atom. The Balaban J connectivity index is 1.11. The number of anilines is 1. The van der Waals surface area contributed by atoms with Gasteiger partial charge in [0.2, 0.25) is 23.6 Å². The van der Waals surface area contributed by atoms with Gasteiger partial charge in [0.25, 0.3) is 0 Å². The second-order valence-electron chi connectivity index (χ2n) is 16.6. The van der Waals surface area contributed by atoms with Crippen molar-refractivity contribution in [3.63, 3.8) is 0 Å². The first-order valence-electron chi connectivity index (χ1n) is 25.8. The number of nitrogens with zero attached hydrogens (tertiary/aromatic N) is 1. The number of carboxylic acids is 1. The number of hydrogen-bond acceptors (Lipinski definition) is 17. The molecule has 3 rings (SSSR count). The van der Waals surface area contributed by atoms with Gasteiger partial charge in [0.05, 0.1) is 171 Å². The average Bonchev–Trinajstić information content (AvgIpc) is 3.40. The topological polar surface area (TPSA) is 256 Å². The van der Waals surface area contributed by atoms with Crippen LogP contribution in [0.1, 0.15) is 55.2 Å². The number of aliphatic carboxylic acids is 1. The van der Waals surface area contributed by atoms with Crippen molar-refractivity contribution in [1.29, 1.82) is 0 Å². The van der Waals surface area contributed by atoms with Gasteiger partial charge in [-0.3, -0.25) is 24.0 Å². The minimum atomic E-state index is -1.15. The lowest BCUT2D eigenvalue weighted by atomic mass is 10.0. The third-order valence-electron chi connectivity index (χ3n) is 10.8. The van der Waals surface area contributed by atoms with E-state index in [1.807, 2.05) is 54.6 Å². The second kappa shape index (κ2) is 44.2. The molecule has 75 heavy (non-hydrogen) atoms. The molecule has 4 amide bonds. The van der Waals surface area contributed by atoms with E-state index in [9.17, 15) is 24.0 Å². The number of fused-ring (bicyclic) bond motifs is 2. The van der Waals surface area contributed by atoms with E-state index in [0.29, 0.717) is 158 Å². The fraction of sp³-hybridized carbons (Fsp3) is 0.642. The number of methoxy groups -OCH3 is 1. The van der Waals surface area contributed by atoms with Crippen LogP contribution in [0.2, 0.25) is 0 Å².